The Bertz CT molecular complexity index is 3790. The molecule has 0 unspecified atom stereocenters. The van der Waals surface area contributed by atoms with Crippen molar-refractivity contribution < 1.29 is 0 Å². The second-order valence-electron chi connectivity index (χ2n) is 22.0. The zero-order valence-electron chi connectivity index (χ0n) is 41.3. The summed E-state index contributed by atoms with van der Waals surface area (Å²) in [7, 11) is 0. The normalized spacial score (nSPS) is 15.9. The Hall–Kier alpha value is -8.00. The topological polar surface area (TPSA) is 3.24 Å². The Kier molecular flexibility index (Phi) is 8.72. The lowest BCUT2D eigenvalue weighted by Gasteiger charge is -2.46. The summed E-state index contributed by atoms with van der Waals surface area (Å²) in [6.07, 6.45) is 0. The summed E-state index contributed by atoms with van der Waals surface area (Å²) in [5, 5.41) is 0. The predicted molar refractivity (Wildman–Crippen MR) is 297 cm³/mol. The number of hydrogen-bond acceptors (Lipinski definition) is 1. The zero-order valence-corrected chi connectivity index (χ0v) is 41.3. The number of hydrogen-bond donors (Lipinski definition) is 0. The Morgan fingerprint density at radius 1 is 0.225 bits per heavy atom. The fourth-order valence-corrected chi connectivity index (χ4v) is 13.8. The molecule has 0 N–H and O–H groups in total. The Labute approximate surface area is 418 Å². The molecule has 4 aliphatic carbocycles. The molecule has 0 atom stereocenters. The molecule has 0 radical (unpaired) electrons. The molecule has 4 aliphatic rings. The summed E-state index contributed by atoms with van der Waals surface area (Å²) in [5.74, 6) is 0. The first-order valence-corrected chi connectivity index (χ1v) is 25.4. The molecule has 0 aromatic heterocycles. The first-order valence-electron chi connectivity index (χ1n) is 25.4. The highest BCUT2D eigenvalue weighted by molar-refractivity contribution is 5.93. The van der Waals surface area contributed by atoms with Crippen LogP contribution in [-0.4, -0.2) is 0 Å². The second kappa shape index (κ2) is 14.8. The molecule has 0 fully saturated rings. The molecule has 10 aromatic rings. The monoisotopic (exact) mass is 909 g/mol. The maximum atomic E-state index is 2.49. The van der Waals surface area contributed by atoms with Gasteiger partial charge in [-0.15, -0.1) is 0 Å². The van der Waals surface area contributed by atoms with Crippen LogP contribution in [0, 0.1) is 0 Å². The van der Waals surface area contributed by atoms with Gasteiger partial charge in [0.15, 0.2) is 0 Å². The average Bonchev–Trinajstić information content (AvgIpc) is 3.92. The van der Waals surface area contributed by atoms with Crippen LogP contribution in [0.5, 0.6) is 0 Å². The molecule has 0 saturated heterocycles. The van der Waals surface area contributed by atoms with Crippen LogP contribution in [0.2, 0.25) is 0 Å². The first-order chi connectivity index (χ1) is 34.5. The Balaban J connectivity index is 0.873. The van der Waals surface area contributed by atoms with Crippen molar-refractivity contribution in [3.05, 3.63) is 280 Å². The van der Waals surface area contributed by atoms with Crippen LogP contribution < -0.4 is 4.90 Å². The molecule has 0 amide bonds. The summed E-state index contributed by atoms with van der Waals surface area (Å²) in [6, 6.07) is 85.2. The fraction of sp³-hybridized carbons (Fsp3) is 0.143. The van der Waals surface area contributed by atoms with Crippen LogP contribution in [0.1, 0.15) is 97.2 Å². The van der Waals surface area contributed by atoms with E-state index in [1.54, 1.807) is 0 Å². The smallest absolute Gasteiger partial charge is 0.0719 e. The van der Waals surface area contributed by atoms with Gasteiger partial charge >= 0.3 is 0 Å². The van der Waals surface area contributed by atoms with E-state index >= 15 is 0 Å². The van der Waals surface area contributed by atoms with E-state index in [1.807, 2.05) is 0 Å². The van der Waals surface area contributed by atoms with Crippen LogP contribution >= 0.6 is 0 Å². The first kappa shape index (κ1) is 41.9. The highest BCUT2D eigenvalue weighted by Gasteiger charge is 2.53. The molecule has 1 nitrogen and oxygen atoms in total. The standard InChI is InChI=1S/C70H55N/c1-67(2)57-22-12-10-20-51(57)54-37-34-49(42-65(54)67)71(48-32-28-45(29-33-48)44-18-8-7-9-19-44)50-35-38-55-53-36-30-47(41-64(53)69(5,6)66(55)43-50)46-31-39-59-56(40-46)52-21-11-13-23-58(52)70(59)62-26-16-14-24-60(62)68(3,4)61-25-15-17-27-63(61)70/h7-43H,1-6H3. The van der Waals surface area contributed by atoms with Crippen molar-refractivity contribution in [2.24, 2.45) is 0 Å². The number of anilines is 3. The third kappa shape index (κ3) is 5.69. The minimum Gasteiger partial charge on any atom is -0.310 e. The van der Waals surface area contributed by atoms with Crippen LogP contribution in [0.4, 0.5) is 17.1 Å². The molecule has 1 spiro atoms. The van der Waals surface area contributed by atoms with Crippen molar-refractivity contribution in [2.45, 2.75) is 63.2 Å². The summed E-state index contributed by atoms with van der Waals surface area (Å²) in [6.45, 7) is 14.4. The highest BCUT2D eigenvalue weighted by Crippen LogP contribution is 2.63. The molecule has 0 saturated carbocycles. The van der Waals surface area contributed by atoms with Crippen LogP contribution in [0.25, 0.3) is 55.6 Å². The Morgan fingerprint density at radius 2 is 0.592 bits per heavy atom. The molecule has 0 aliphatic heterocycles. The SMILES string of the molecule is CC1(C)c2ccccc2-c2ccc(N(c3ccc(-c4ccccc4)cc3)c3ccc4c(c3)C(C)(C)c3cc(-c5ccc6c(c5)-c5ccccc5C65c6ccccc6C(C)(C)c6ccccc65)ccc3-4)cc21. The number of benzene rings is 10. The van der Waals surface area contributed by atoms with E-state index in [2.05, 4.69) is 271 Å². The van der Waals surface area contributed by atoms with E-state index in [9.17, 15) is 0 Å². The predicted octanol–water partition coefficient (Wildman–Crippen LogP) is 18.1. The molecule has 340 valence electrons. The largest absolute Gasteiger partial charge is 0.310 e. The van der Waals surface area contributed by atoms with E-state index in [-0.39, 0.29) is 16.2 Å². The molecular formula is C70H55N. The van der Waals surface area contributed by atoms with E-state index in [0.29, 0.717) is 0 Å². The van der Waals surface area contributed by atoms with E-state index < -0.39 is 5.41 Å². The van der Waals surface area contributed by atoms with Crippen molar-refractivity contribution in [3.63, 3.8) is 0 Å². The maximum Gasteiger partial charge on any atom is 0.0719 e. The third-order valence-corrected chi connectivity index (χ3v) is 17.4. The zero-order chi connectivity index (χ0) is 48.0. The summed E-state index contributed by atoms with van der Waals surface area (Å²) < 4.78 is 0. The molecule has 0 bridgehead atoms. The van der Waals surface area contributed by atoms with Gasteiger partial charge in [-0.05, 0) is 160 Å². The molecule has 14 rings (SSSR count). The number of nitrogens with zero attached hydrogens (tertiary/aromatic N) is 1. The van der Waals surface area contributed by atoms with Crippen molar-refractivity contribution >= 4 is 17.1 Å². The van der Waals surface area contributed by atoms with Gasteiger partial charge in [0.25, 0.3) is 0 Å². The van der Waals surface area contributed by atoms with Crippen molar-refractivity contribution in [1.82, 2.24) is 0 Å². The molecule has 71 heavy (non-hydrogen) atoms. The van der Waals surface area contributed by atoms with Crippen LogP contribution in [0.15, 0.2) is 224 Å². The third-order valence-electron chi connectivity index (χ3n) is 17.4. The van der Waals surface area contributed by atoms with Gasteiger partial charge in [-0.2, -0.15) is 0 Å². The van der Waals surface area contributed by atoms with Crippen molar-refractivity contribution in [2.75, 3.05) is 4.90 Å². The Morgan fingerprint density at radius 3 is 1.20 bits per heavy atom. The lowest BCUT2D eigenvalue weighted by molar-refractivity contribution is 0.563. The molecule has 10 aromatic carbocycles. The molecule has 0 heterocycles. The van der Waals surface area contributed by atoms with Gasteiger partial charge in [-0.25, -0.2) is 0 Å². The fourth-order valence-electron chi connectivity index (χ4n) is 13.8. The van der Waals surface area contributed by atoms with E-state index in [0.717, 1.165) is 17.1 Å². The summed E-state index contributed by atoms with van der Waals surface area (Å²) in [5.41, 5.74) is 29.3. The van der Waals surface area contributed by atoms with E-state index in [1.165, 1.54) is 111 Å². The van der Waals surface area contributed by atoms with Gasteiger partial charge in [0.2, 0.25) is 0 Å². The van der Waals surface area contributed by atoms with Gasteiger partial charge in [0.1, 0.15) is 0 Å². The second-order valence-corrected chi connectivity index (χ2v) is 22.0. The average molecular weight is 910 g/mol. The maximum absolute atomic E-state index is 2.49. The van der Waals surface area contributed by atoms with Crippen molar-refractivity contribution in [1.29, 1.82) is 0 Å². The van der Waals surface area contributed by atoms with E-state index in [4.69, 9.17) is 0 Å². The van der Waals surface area contributed by atoms with Gasteiger partial charge in [0.05, 0.1) is 5.41 Å². The minimum absolute atomic E-state index is 0.113. The van der Waals surface area contributed by atoms with Gasteiger partial charge in [-0.3, -0.25) is 0 Å². The number of rotatable bonds is 5. The summed E-state index contributed by atoms with van der Waals surface area (Å²) in [4.78, 5) is 2.47. The lowest BCUT2D eigenvalue weighted by Crippen LogP contribution is -2.40. The van der Waals surface area contributed by atoms with Gasteiger partial charge in [0, 0.05) is 33.3 Å². The molecular weight excluding hydrogens is 855 g/mol. The summed E-state index contributed by atoms with van der Waals surface area (Å²) >= 11 is 0. The van der Waals surface area contributed by atoms with Crippen LogP contribution in [-0.2, 0) is 21.7 Å². The number of fused-ring (bicyclic) bond motifs is 15. The van der Waals surface area contributed by atoms with Gasteiger partial charge in [-0.1, -0.05) is 217 Å². The molecule has 1 heteroatoms. The lowest BCUT2D eigenvalue weighted by atomic mass is 9.55. The van der Waals surface area contributed by atoms with Crippen LogP contribution in [0.3, 0.4) is 0 Å². The minimum atomic E-state index is -0.398. The van der Waals surface area contributed by atoms with Crippen molar-refractivity contribution in [3.8, 4) is 55.6 Å². The highest BCUT2D eigenvalue weighted by atomic mass is 15.1. The van der Waals surface area contributed by atoms with Gasteiger partial charge < -0.3 is 4.90 Å². The quantitative estimate of drug-likeness (QED) is 0.166.